The Morgan fingerprint density at radius 2 is 1.91 bits per heavy atom. The Labute approximate surface area is 65.9 Å². The Bertz CT molecular complexity index is 268. The van der Waals surface area contributed by atoms with E-state index in [0.29, 0.717) is 11.6 Å². The lowest BCUT2D eigenvalue weighted by Gasteiger charge is -2.00. The number of hydrogen-bond acceptors (Lipinski definition) is 2. The first-order chi connectivity index (χ1) is 5.24. The fourth-order valence-corrected chi connectivity index (χ4v) is 0.687. The zero-order chi connectivity index (χ0) is 8.27. The predicted molar refractivity (Wildman–Crippen MR) is 42.4 cm³/mol. The van der Waals surface area contributed by atoms with Crippen molar-refractivity contribution in [3.63, 3.8) is 0 Å². The van der Waals surface area contributed by atoms with Gasteiger partial charge in [-0.1, -0.05) is 13.8 Å². The highest BCUT2D eigenvalue weighted by Crippen LogP contribution is 2.11. The number of aromatic nitrogens is 2. The minimum atomic E-state index is 0.329. The molecule has 0 aromatic carbocycles. The summed E-state index contributed by atoms with van der Waals surface area (Å²) in [6.45, 7) is 10.7. The van der Waals surface area contributed by atoms with Crippen LogP contribution in [0.15, 0.2) is 12.4 Å². The van der Waals surface area contributed by atoms with E-state index in [-0.39, 0.29) is 0 Å². The van der Waals surface area contributed by atoms with Crippen molar-refractivity contribution >= 4 is 5.69 Å². The van der Waals surface area contributed by atoms with Crippen LogP contribution in [0.25, 0.3) is 4.85 Å². The van der Waals surface area contributed by atoms with Crippen molar-refractivity contribution in [3.8, 4) is 0 Å². The normalized spacial score (nSPS) is 9.64. The number of nitrogens with zero attached hydrogens (tertiary/aromatic N) is 3. The van der Waals surface area contributed by atoms with Gasteiger partial charge in [0.2, 0.25) is 5.69 Å². The highest BCUT2D eigenvalue weighted by molar-refractivity contribution is 5.38. The van der Waals surface area contributed by atoms with E-state index in [9.17, 15) is 0 Å². The van der Waals surface area contributed by atoms with Crippen LogP contribution in [-0.4, -0.2) is 9.97 Å². The third-order valence-electron chi connectivity index (χ3n) is 1.30. The smallest absolute Gasteiger partial charge is 0.222 e. The van der Waals surface area contributed by atoms with E-state index in [2.05, 4.69) is 14.8 Å². The maximum absolute atomic E-state index is 6.67. The molecule has 0 atom stereocenters. The molecule has 1 aromatic rings. The molecule has 1 heterocycles. The largest absolute Gasteiger partial charge is 0.253 e. The Hall–Kier alpha value is -1.43. The summed E-state index contributed by atoms with van der Waals surface area (Å²) in [6, 6.07) is 0. The molecule has 0 N–H and O–H groups in total. The van der Waals surface area contributed by atoms with Crippen LogP contribution in [0.3, 0.4) is 0 Å². The van der Waals surface area contributed by atoms with Crippen LogP contribution >= 0.6 is 0 Å². The van der Waals surface area contributed by atoms with Gasteiger partial charge in [-0.05, 0) is 0 Å². The monoisotopic (exact) mass is 147 g/mol. The summed E-state index contributed by atoms with van der Waals surface area (Å²) in [5, 5.41) is 0. The van der Waals surface area contributed by atoms with Crippen LogP contribution in [0, 0.1) is 6.57 Å². The molecule has 0 aliphatic rings. The summed E-state index contributed by atoms with van der Waals surface area (Å²) in [4.78, 5) is 11.2. The van der Waals surface area contributed by atoms with Gasteiger partial charge in [0, 0.05) is 18.3 Å². The van der Waals surface area contributed by atoms with E-state index in [1.807, 2.05) is 13.8 Å². The summed E-state index contributed by atoms with van der Waals surface area (Å²) in [5.41, 5.74) is 0.495. The minimum absolute atomic E-state index is 0.329. The van der Waals surface area contributed by atoms with Crippen LogP contribution < -0.4 is 0 Å². The maximum atomic E-state index is 6.67. The minimum Gasteiger partial charge on any atom is -0.253 e. The van der Waals surface area contributed by atoms with Gasteiger partial charge in [-0.3, -0.25) is 9.97 Å². The van der Waals surface area contributed by atoms with Crippen LogP contribution in [0.4, 0.5) is 5.69 Å². The first-order valence-corrected chi connectivity index (χ1v) is 3.43. The van der Waals surface area contributed by atoms with Gasteiger partial charge in [0.1, 0.15) is 5.82 Å². The highest BCUT2D eigenvalue weighted by Gasteiger charge is 2.00. The van der Waals surface area contributed by atoms with Crippen LogP contribution in [0.1, 0.15) is 25.6 Å². The molecule has 0 aliphatic carbocycles. The average Bonchev–Trinajstić information content (AvgIpc) is 2.05. The van der Waals surface area contributed by atoms with Gasteiger partial charge in [0.05, 0.1) is 6.57 Å². The summed E-state index contributed by atoms with van der Waals surface area (Å²) in [6.07, 6.45) is 3.10. The molecule has 0 saturated carbocycles. The Morgan fingerprint density at radius 1 is 1.36 bits per heavy atom. The van der Waals surface area contributed by atoms with Gasteiger partial charge in [0.15, 0.2) is 0 Å². The Morgan fingerprint density at radius 3 is 2.27 bits per heavy atom. The van der Waals surface area contributed by atoms with E-state index in [1.165, 1.54) is 0 Å². The Kier molecular flexibility index (Phi) is 2.17. The number of rotatable bonds is 1. The van der Waals surface area contributed by atoms with E-state index in [4.69, 9.17) is 6.57 Å². The molecule has 3 nitrogen and oxygen atoms in total. The molecule has 0 spiro atoms. The third-order valence-corrected chi connectivity index (χ3v) is 1.30. The SMILES string of the molecule is [C-]#[N+]c1cnc(C(C)C)nc1. The van der Waals surface area contributed by atoms with Crippen LogP contribution in [-0.2, 0) is 0 Å². The molecule has 3 heteroatoms. The van der Waals surface area contributed by atoms with Crippen molar-refractivity contribution in [2.45, 2.75) is 19.8 Å². The summed E-state index contributed by atoms with van der Waals surface area (Å²) in [5.74, 6) is 1.12. The predicted octanol–water partition coefficient (Wildman–Crippen LogP) is 2.15. The fourth-order valence-electron chi connectivity index (χ4n) is 0.687. The van der Waals surface area contributed by atoms with Gasteiger partial charge in [-0.15, -0.1) is 0 Å². The topological polar surface area (TPSA) is 30.1 Å². The lowest BCUT2D eigenvalue weighted by atomic mass is 10.2. The summed E-state index contributed by atoms with van der Waals surface area (Å²) >= 11 is 0. The van der Waals surface area contributed by atoms with Crippen LogP contribution in [0.5, 0.6) is 0 Å². The Balaban J connectivity index is 2.94. The van der Waals surface area contributed by atoms with Crippen molar-refractivity contribution in [1.82, 2.24) is 9.97 Å². The molecule has 11 heavy (non-hydrogen) atoms. The second kappa shape index (κ2) is 3.11. The zero-order valence-corrected chi connectivity index (χ0v) is 6.57. The quantitative estimate of drug-likeness (QED) is 0.570. The van der Waals surface area contributed by atoms with Crippen molar-refractivity contribution < 1.29 is 0 Å². The van der Waals surface area contributed by atoms with E-state index < -0.39 is 0 Å². The van der Waals surface area contributed by atoms with Crippen molar-refractivity contribution in [3.05, 3.63) is 29.6 Å². The highest BCUT2D eigenvalue weighted by atomic mass is 14.9. The van der Waals surface area contributed by atoms with Crippen molar-refractivity contribution in [2.75, 3.05) is 0 Å². The van der Waals surface area contributed by atoms with E-state index >= 15 is 0 Å². The molecule has 0 bridgehead atoms. The number of hydrogen-bond donors (Lipinski definition) is 0. The first-order valence-electron chi connectivity index (χ1n) is 3.43. The molecule has 0 fully saturated rings. The van der Waals surface area contributed by atoms with Gasteiger partial charge in [0.25, 0.3) is 0 Å². The van der Waals surface area contributed by atoms with E-state index in [0.717, 1.165) is 5.82 Å². The van der Waals surface area contributed by atoms with Gasteiger partial charge in [-0.25, -0.2) is 4.85 Å². The van der Waals surface area contributed by atoms with Crippen molar-refractivity contribution in [1.29, 1.82) is 0 Å². The van der Waals surface area contributed by atoms with Crippen molar-refractivity contribution in [2.24, 2.45) is 0 Å². The second-order valence-electron chi connectivity index (χ2n) is 2.57. The molecule has 1 rings (SSSR count). The first kappa shape index (κ1) is 7.67. The zero-order valence-electron chi connectivity index (χ0n) is 6.57. The standard InChI is InChI=1S/C8H9N3/c1-6(2)8-10-4-7(9-3)5-11-8/h4-6H,1-2H3. The molecular formula is C8H9N3. The summed E-state index contributed by atoms with van der Waals surface area (Å²) < 4.78 is 0. The molecule has 1 aromatic heterocycles. The molecule has 0 aliphatic heterocycles. The second-order valence-corrected chi connectivity index (χ2v) is 2.57. The lowest BCUT2D eigenvalue weighted by molar-refractivity contribution is 0.775. The van der Waals surface area contributed by atoms with Gasteiger partial charge in [-0.2, -0.15) is 0 Å². The maximum Gasteiger partial charge on any atom is 0.222 e. The molecule has 0 radical (unpaired) electrons. The summed E-state index contributed by atoms with van der Waals surface area (Å²) in [7, 11) is 0. The third kappa shape index (κ3) is 1.74. The fraction of sp³-hybridized carbons (Fsp3) is 0.375. The van der Waals surface area contributed by atoms with E-state index in [1.54, 1.807) is 12.4 Å². The molecule has 56 valence electrons. The molecule has 0 saturated heterocycles. The molecule has 0 amide bonds. The van der Waals surface area contributed by atoms with Gasteiger partial charge >= 0.3 is 0 Å². The van der Waals surface area contributed by atoms with Gasteiger partial charge < -0.3 is 0 Å². The molecule has 0 unspecified atom stereocenters. The molecular weight excluding hydrogens is 138 g/mol. The van der Waals surface area contributed by atoms with Crippen LogP contribution in [0.2, 0.25) is 0 Å². The lowest BCUT2D eigenvalue weighted by Crippen LogP contribution is -1.94. The average molecular weight is 147 g/mol.